The SMILES string of the molecule is CC(c1cccc2ccccc12)N1Cc2cccc3c2-c2c(cccc2CN(C(C)c2cccc4ccccc24)C3)C1. The Balaban J connectivity index is 1.21. The van der Waals surface area contributed by atoms with E-state index < -0.39 is 0 Å². The van der Waals surface area contributed by atoms with Gasteiger partial charge >= 0.3 is 0 Å². The van der Waals surface area contributed by atoms with E-state index in [1.54, 1.807) is 0 Å². The third kappa shape index (κ3) is 4.17. The average molecular weight is 545 g/mol. The Bertz CT molecular complexity index is 1750. The summed E-state index contributed by atoms with van der Waals surface area (Å²) >= 11 is 0. The van der Waals surface area contributed by atoms with Gasteiger partial charge in [-0.1, -0.05) is 121 Å². The second kappa shape index (κ2) is 10.2. The molecule has 8 rings (SSSR count). The first-order valence-electron chi connectivity index (χ1n) is 15.3. The quantitative estimate of drug-likeness (QED) is 0.218. The molecule has 2 heteroatoms. The van der Waals surface area contributed by atoms with Crippen LogP contribution >= 0.6 is 0 Å². The topological polar surface area (TPSA) is 6.48 Å². The highest BCUT2D eigenvalue weighted by Crippen LogP contribution is 2.44. The Morgan fingerprint density at radius 1 is 0.405 bits per heavy atom. The van der Waals surface area contributed by atoms with E-state index in [9.17, 15) is 0 Å². The third-order valence-electron chi connectivity index (χ3n) is 9.86. The van der Waals surface area contributed by atoms with Crippen LogP contribution < -0.4 is 0 Å². The maximum absolute atomic E-state index is 2.68. The minimum Gasteiger partial charge on any atom is -0.288 e. The van der Waals surface area contributed by atoms with E-state index in [0.29, 0.717) is 12.1 Å². The van der Waals surface area contributed by atoms with E-state index in [1.165, 1.54) is 66.1 Å². The molecule has 42 heavy (non-hydrogen) atoms. The summed E-state index contributed by atoms with van der Waals surface area (Å²) in [5.41, 5.74) is 11.6. The second-order valence-corrected chi connectivity index (χ2v) is 12.2. The van der Waals surface area contributed by atoms with Crippen molar-refractivity contribution in [1.29, 1.82) is 0 Å². The molecule has 6 aromatic carbocycles. The highest BCUT2D eigenvalue weighted by Gasteiger charge is 2.31. The van der Waals surface area contributed by atoms with Crippen LogP contribution in [0.5, 0.6) is 0 Å². The number of hydrogen-bond acceptors (Lipinski definition) is 2. The molecule has 206 valence electrons. The van der Waals surface area contributed by atoms with Crippen LogP contribution in [0.15, 0.2) is 121 Å². The van der Waals surface area contributed by atoms with Crippen LogP contribution in [0.25, 0.3) is 32.7 Å². The normalized spacial score (nSPS) is 16.5. The summed E-state index contributed by atoms with van der Waals surface area (Å²) < 4.78 is 0. The molecule has 0 spiro atoms. The molecule has 0 aliphatic carbocycles. The molecule has 0 amide bonds. The summed E-state index contributed by atoms with van der Waals surface area (Å²) in [7, 11) is 0. The molecule has 0 saturated carbocycles. The standard InChI is InChI=1S/C40H36N2/c1-27(35-21-9-13-29-11-3-5-19-37(29)35)41-23-31-15-7-17-33-25-42(26-34-18-8-16-32(24-41)40(34)39(31)33)28(2)36-22-10-14-30-12-4-6-20-38(30)36/h3-22,27-28H,23-26H2,1-2H3. The zero-order chi connectivity index (χ0) is 28.2. The molecule has 2 unspecified atom stereocenters. The van der Waals surface area contributed by atoms with Gasteiger partial charge in [-0.15, -0.1) is 0 Å². The van der Waals surface area contributed by atoms with Crippen LogP contribution in [0.2, 0.25) is 0 Å². The fraction of sp³-hybridized carbons (Fsp3) is 0.200. The molecule has 0 N–H and O–H groups in total. The van der Waals surface area contributed by atoms with Gasteiger partial charge in [-0.25, -0.2) is 0 Å². The Morgan fingerprint density at radius 3 is 1.14 bits per heavy atom. The fourth-order valence-electron chi connectivity index (χ4n) is 7.63. The number of nitrogens with zero attached hydrogens (tertiary/aromatic N) is 2. The van der Waals surface area contributed by atoms with E-state index in [0.717, 1.165) is 26.2 Å². The lowest BCUT2D eigenvalue weighted by molar-refractivity contribution is 0.191. The lowest BCUT2D eigenvalue weighted by atomic mass is 9.90. The van der Waals surface area contributed by atoms with Gasteiger partial charge in [0.2, 0.25) is 0 Å². The van der Waals surface area contributed by atoms with Gasteiger partial charge in [-0.05, 0) is 79.9 Å². The zero-order valence-corrected chi connectivity index (χ0v) is 24.4. The minimum atomic E-state index is 0.299. The van der Waals surface area contributed by atoms with E-state index in [-0.39, 0.29) is 0 Å². The number of fused-ring (bicyclic) bond motifs is 2. The van der Waals surface area contributed by atoms with Crippen molar-refractivity contribution in [2.24, 2.45) is 0 Å². The first-order valence-corrected chi connectivity index (χ1v) is 15.3. The van der Waals surface area contributed by atoms with Crippen molar-refractivity contribution < 1.29 is 0 Å². The molecule has 0 radical (unpaired) electrons. The van der Waals surface area contributed by atoms with Crippen LogP contribution in [-0.4, -0.2) is 9.80 Å². The average Bonchev–Trinajstić information content (AvgIpc) is 3.32. The van der Waals surface area contributed by atoms with Gasteiger partial charge < -0.3 is 0 Å². The van der Waals surface area contributed by atoms with Gasteiger partial charge in [0.25, 0.3) is 0 Å². The first kappa shape index (κ1) is 25.5. The Morgan fingerprint density at radius 2 is 0.738 bits per heavy atom. The van der Waals surface area contributed by atoms with Crippen LogP contribution in [0.1, 0.15) is 59.3 Å². The van der Waals surface area contributed by atoms with E-state index >= 15 is 0 Å². The predicted molar refractivity (Wildman–Crippen MR) is 175 cm³/mol. The molecule has 2 aliphatic rings. The van der Waals surface area contributed by atoms with Gasteiger partial charge in [0, 0.05) is 38.3 Å². The molecule has 0 bridgehead atoms. The number of hydrogen-bond donors (Lipinski definition) is 0. The van der Waals surface area contributed by atoms with Crippen LogP contribution in [0.4, 0.5) is 0 Å². The predicted octanol–water partition coefficient (Wildman–Crippen LogP) is 9.81. The molecule has 0 saturated heterocycles. The first-order chi connectivity index (χ1) is 20.7. The Kier molecular flexibility index (Phi) is 6.21. The second-order valence-electron chi connectivity index (χ2n) is 12.2. The summed E-state index contributed by atoms with van der Waals surface area (Å²) in [5.74, 6) is 0. The maximum atomic E-state index is 2.68. The van der Waals surface area contributed by atoms with Crippen molar-refractivity contribution in [2.75, 3.05) is 0 Å². The summed E-state index contributed by atoms with van der Waals surface area (Å²) in [6, 6.07) is 45.8. The largest absolute Gasteiger partial charge is 0.288 e. The Hall–Kier alpha value is -4.24. The van der Waals surface area contributed by atoms with Crippen LogP contribution in [0, 0.1) is 0 Å². The van der Waals surface area contributed by atoms with E-state index in [2.05, 4.69) is 145 Å². The molecular weight excluding hydrogens is 508 g/mol. The van der Waals surface area contributed by atoms with Gasteiger partial charge in [0.1, 0.15) is 0 Å². The monoisotopic (exact) mass is 544 g/mol. The molecule has 2 heterocycles. The number of benzene rings is 6. The summed E-state index contributed by atoms with van der Waals surface area (Å²) in [4.78, 5) is 5.36. The zero-order valence-electron chi connectivity index (χ0n) is 24.4. The van der Waals surface area contributed by atoms with Crippen molar-refractivity contribution in [3.63, 3.8) is 0 Å². The van der Waals surface area contributed by atoms with Crippen molar-refractivity contribution >= 4 is 21.5 Å². The van der Waals surface area contributed by atoms with Crippen LogP contribution in [-0.2, 0) is 26.2 Å². The molecule has 0 fully saturated rings. The Labute approximate surface area is 248 Å². The lowest BCUT2D eigenvalue weighted by Gasteiger charge is -2.31. The minimum absolute atomic E-state index is 0.299. The summed E-state index contributed by atoms with van der Waals surface area (Å²) in [6.45, 7) is 8.56. The van der Waals surface area contributed by atoms with Crippen molar-refractivity contribution in [3.05, 3.63) is 155 Å². The third-order valence-corrected chi connectivity index (χ3v) is 9.86. The highest BCUT2D eigenvalue weighted by molar-refractivity contribution is 5.87. The smallest absolute Gasteiger partial charge is 0.0333 e. The summed E-state index contributed by atoms with van der Waals surface area (Å²) in [6.07, 6.45) is 0. The van der Waals surface area contributed by atoms with Gasteiger partial charge in [-0.3, -0.25) is 9.80 Å². The molecular formula is C40H36N2. The van der Waals surface area contributed by atoms with E-state index in [1.807, 2.05) is 0 Å². The molecule has 2 atom stereocenters. The molecule has 2 aliphatic heterocycles. The van der Waals surface area contributed by atoms with Gasteiger partial charge in [0.15, 0.2) is 0 Å². The fourth-order valence-corrected chi connectivity index (χ4v) is 7.63. The van der Waals surface area contributed by atoms with Crippen molar-refractivity contribution in [3.8, 4) is 11.1 Å². The van der Waals surface area contributed by atoms with E-state index in [4.69, 9.17) is 0 Å². The molecule has 2 nitrogen and oxygen atoms in total. The highest BCUT2D eigenvalue weighted by atomic mass is 15.2. The molecule has 0 aromatic heterocycles. The molecule has 6 aromatic rings. The van der Waals surface area contributed by atoms with Gasteiger partial charge in [0.05, 0.1) is 0 Å². The maximum Gasteiger partial charge on any atom is 0.0333 e. The number of rotatable bonds is 4. The van der Waals surface area contributed by atoms with Crippen LogP contribution in [0.3, 0.4) is 0 Å². The van der Waals surface area contributed by atoms with Crippen molar-refractivity contribution in [2.45, 2.75) is 52.1 Å². The summed E-state index contributed by atoms with van der Waals surface area (Å²) in [5, 5.41) is 5.35. The lowest BCUT2D eigenvalue weighted by Crippen LogP contribution is -2.27. The van der Waals surface area contributed by atoms with Crippen molar-refractivity contribution in [1.82, 2.24) is 9.80 Å². The van der Waals surface area contributed by atoms with Gasteiger partial charge in [-0.2, -0.15) is 0 Å².